The molecule has 1 unspecified atom stereocenters. The standard InChI is InChI=1S/C18H27NO5S/c1-17(2,3)24-15(20)13(11-7-9-12(22-6)10-8-11)23-16(21)14(19)18(4,5)25/h7-10,13-14,25H,19H2,1-6H3/t13?,14-/m1/s1. The molecule has 0 aromatic heterocycles. The van der Waals surface area contributed by atoms with Crippen LogP contribution in [-0.4, -0.2) is 35.4 Å². The van der Waals surface area contributed by atoms with Gasteiger partial charge in [-0.3, -0.25) is 4.79 Å². The molecule has 1 aromatic rings. The molecular formula is C18H27NO5S. The van der Waals surface area contributed by atoms with Gasteiger partial charge in [-0.1, -0.05) is 12.1 Å². The van der Waals surface area contributed by atoms with Crippen molar-refractivity contribution in [2.45, 2.75) is 57.1 Å². The Kier molecular flexibility index (Phi) is 6.90. The Morgan fingerprint density at radius 1 is 1.04 bits per heavy atom. The highest BCUT2D eigenvalue weighted by molar-refractivity contribution is 7.81. The predicted molar refractivity (Wildman–Crippen MR) is 98.7 cm³/mol. The third-order valence-corrected chi connectivity index (χ3v) is 3.57. The molecule has 0 fully saturated rings. The average Bonchev–Trinajstić information content (AvgIpc) is 2.49. The Hall–Kier alpha value is -1.73. The lowest BCUT2D eigenvalue weighted by atomic mass is 10.0. The summed E-state index contributed by atoms with van der Waals surface area (Å²) < 4.78 is 15.1. The molecule has 2 atom stereocenters. The Morgan fingerprint density at radius 3 is 1.96 bits per heavy atom. The fourth-order valence-electron chi connectivity index (χ4n) is 1.86. The van der Waals surface area contributed by atoms with Gasteiger partial charge in [0.2, 0.25) is 6.10 Å². The van der Waals surface area contributed by atoms with E-state index in [9.17, 15) is 9.59 Å². The zero-order valence-electron chi connectivity index (χ0n) is 15.5. The minimum atomic E-state index is -1.22. The van der Waals surface area contributed by atoms with Crippen molar-refractivity contribution >= 4 is 24.6 Å². The number of rotatable bonds is 6. The number of nitrogens with two attached hydrogens (primary N) is 1. The number of esters is 2. The molecule has 2 N–H and O–H groups in total. The van der Waals surface area contributed by atoms with Crippen LogP contribution >= 0.6 is 12.6 Å². The highest BCUT2D eigenvalue weighted by Crippen LogP contribution is 2.26. The Bertz CT molecular complexity index is 601. The minimum Gasteiger partial charge on any atom is -0.497 e. The van der Waals surface area contributed by atoms with Crippen LogP contribution in [0.25, 0.3) is 0 Å². The van der Waals surface area contributed by atoms with E-state index in [1.54, 1.807) is 58.9 Å². The molecule has 0 aliphatic carbocycles. The van der Waals surface area contributed by atoms with Gasteiger partial charge in [0.25, 0.3) is 0 Å². The quantitative estimate of drug-likeness (QED) is 0.592. The first kappa shape index (κ1) is 21.3. The van der Waals surface area contributed by atoms with Gasteiger partial charge in [0.15, 0.2) is 0 Å². The molecule has 140 valence electrons. The lowest BCUT2D eigenvalue weighted by Gasteiger charge is -2.28. The van der Waals surface area contributed by atoms with Crippen LogP contribution in [0, 0.1) is 0 Å². The summed E-state index contributed by atoms with van der Waals surface area (Å²) in [6, 6.07) is 5.61. The van der Waals surface area contributed by atoms with Gasteiger partial charge >= 0.3 is 11.9 Å². The third kappa shape index (κ3) is 6.59. The number of ether oxygens (including phenoxy) is 3. The summed E-state index contributed by atoms with van der Waals surface area (Å²) in [7, 11) is 1.54. The van der Waals surface area contributed by atoms with E-state index in [0.29, 0.717) is 11.3 Å². The van der Waals surface area contributed by atoms with E-state index in [-0.39, 0.29) is 0 Å². The SMILES string of the molecule is COc1ccc(C(OC(=O)[C@@H](N)C(C)(C)S)C(=O)OC(C)(C)C)cc1. The summed E-state index contributed by atoms with van der Waals surface area (Å²) in [6.07, 6.45) is -1.22. The van der Waals surface area contributed by atoms with Crippen molar-refractivity contribution in [2.24, 2.45) is 5.73 Å². The van der Waals surface area contributed by atoms with Gasteiger partial charge in [-0.05, 0) is 46.8 Å². The first-order valence-corrected chi connectivity index (χ1v) is 8.35. The second-order valence-electron chi connectivity index (χ2n) is 7.25. The highest BCUT2D eigenvalue weighted by Gasteiger charge is 2.35. The number of hydrogen-bond acceptors (Lipinski definition) is 7. The number of carbonyl (C=O) groups excluding carboxylic acids is 2. The van der Waals surface area contributed by atoms with E-state index in [2.05, 4.69) is 12.6 Å². The largest absolute Gasteiger partial charge is 0.497 e. The molecule has 0 aliphatic rings. The fourth-order valence-corrected chi connectivity index (χ4v) is 1.97. The number of methoxy groups -OCH3 is 1. The van der Waals surface area contributed by atoms with Crippen LogP contribution in [-0.2, 0) is 19.1 Å². The average molecular weight is 369 g/mol. The molecule has 0 saturated carbocycles. The van der Waals surface area contributed by atoms with Crippen molar-refractivity contribution in [1.82, 2.24) is 0 Å². The third-order valence-electron chi connectivity index (χ3n) is 3.29. The number of thiol groups is 1. The summed E-state index contributed by atoms with van der Waals surface area (Å²) in [5, 5.41) is 0. The van der Waals surface area contributed by atoms with Gasteiger partial charge in [-0.15, -0.1) is 0 Å². The zero-order valence-corrected chi connectivity index (χ0v) is 16.4. The van der Waals surface area contributed by atoms with Gasteiger partial charge < -0.3 is 19.9 Å². The molecule has 7 heteroatoms. The maximum absolute atomic E-state index is 12.5. The molecule has 0 aliphatic heterocycles. The number of carbonyl (C=O) groups is 2. The van der Waals surface area contributed by atoms with E-state index >= 15 is 0 Å². The van der Waals surface area contributed by atoms with Crippen molar-refractivity contribution in [2.75, 3.05) is 7.11 Å². The molecule has 0 amide bonds. The van der Waals surface area contributed by atoms with Crippen LogP contribution in [0.3, 0.4) is 0 Å². The van der Waals surface area contributed by atoms with Crippen LogP contribution in [0.5, 0.6) is 5.75 Å². The van der Waals surface area contributed by atoms with E-state index in [1.165, 1.54) is 7.11 Å². The minimum absolute atomic E-state index is 0.465. The zero-order chi connectivity index (χ0) is 19.4. The first-order valence-electron chi connectivity index (χ1n) is 7.90. The van der Waals surface area contributed by atoms with Crippen LogP contribution in [0.15, 0.2) is 24.3 Å². The topological polar surface area (TPSA) is 87.9 Å². The van der Waals surface area contributed by atoms with Crippen LogP contribution < -0.4 is 10.5 Å². The summed E-state index contributed by atoms with van der Waals surface area (Å²) in [5.74, 6) is -0.784. The monoisotopic (exact) mass is 369 g/mol. The molecule has 25 heavy (non-hydrogen) atoms. The van der Waals surface area contributed by atoms with Crippen LogP contribution in [0.2, 0.25) is 0 Å². The maximum Gasteiger partial charge on any atom is 0.352 e. The summed E-state index contributed by atoms with van der Waals surface area (Å²) >= 11 is 4.29. The van der Waals surface area contributed by atoms with E-state index < -0.39 is 34.4 Å². The Balaban J connectivity index is 3.10. The van der Waals surface area contributed by atoms with E-state index in [0.717, 1.165) is 0 Å². The van der Waals surface area contributed by atoms with Gasteiger partial charge in [0.05, 0.1) is 7.11 Å². The van der Waals surface area contributed by atoms with Crippen molar-refractivity contribution < 1.29 is 23.8 Å². The van der Waals surface area contributed by atoms with Gasteiger partial charge in [0, 0.05) is 10.3 Å². The molecule has 0 spiro atoms. The first-order chi connectivity index (χ1) is 11.3. The molecule has 0 radical (unpaired) electrons. The molecule has 6 nitrogen and oxygen atoms in total. The second kappa shape index (κ2) is 8.10. The van der Waals surface area contributed by atoms with Crippen LogP contribution in [0.1, 0.15) is 46.3 Å². The summed E-state index contributed by atoms with van der Waals surface area (Å²) in [5.41, 5.74) is 5.61. The van der Waals surface area contributed by atoms with E-state index in [4.69, 9.17) is 19.9 Å². The Morgan fingerprint density at radius 2 is 1.56 bits per heavy atom. The normalized spacial score (nSPS) is 14.4. The summed E-state index contributed by atoms with van der Waals surface area (Å²) in [6.45, 7) is 8.59. The van der Waals surface area contributed by atoms with Crippen molar-refractivity contribution in [3.8, 4) is 5.75 Å². The van der Waals surface area contributed by atoms with Gasteiger partial charge in [-0.2, -0.15) is 12.6 Å². The van der Waals surface area contributed by atoms with Crippen molar-refractivity contribution in [1.29, 1.82) is 0 Å². The molecule has 1 aromatic carbocycles. The van der Waals surface area contributed by atoms with Crippen LogP contribution in [0.4, 0.5) is 0 Å². The molecule has 0 saturated heterocycles. The Labute approximate surface area is 154 Å². The lowest BCUT2D eigenvalue weighted by molar-refractivity contribution is -0.177. The molecular weight excluding hydrogens is 342 g/mol. The van der Waals surface area contributed by atoms with E-state index in [1.807, 2.05) is 0 Å². The molecule has 1 rings (SSSR count). The molecule has 0 heterocycles. The number of hydrogen-bond donors (Lipinski definition) is 2. The fraction of sp³-hybridized carbons (Fsp3) is 0.556. The lowest BCUT2D eigenvalue weighted by Crippen LogP contribution is -2.47. The van der Waals surface area contributed by atoms with Crippen molar-refractivity contribution in [3.05, 3.63) is 29.8 Å². The number of benzene rings is 1. The predicted octanol–water partition coefficient (Wildman–Crippen LogP) is 2.66. The molecule has 0 bridgehead atoms. The highest BCUT2D eigenvalue weighted by atomic mass is 32.1. The summed E-state index contributed by atoms with van der Waals surface area (Å²) in [4.78, 5) is 24.9. The maximum atomic E-state index is 12.5. The second-order valence-corrected chi connectivity index (χ2v) is 8.41. The smallest absolute Gasteiger partial charge is 0.352 e. The van der Waals surface area contributed by atoms with Crippen molar-refractivity contribution in [3.63, 3.8) is 0 Å². The van der Waals surface area contributed by atoms with Gasteiger partial charge in [0.1, 0.15) is 17.4 Å². The van der Waals surface area contributed by atoms with Gasteiger partial charge in [-0.25, -0.2) is 4.79 Å².